The third-order valence-electron chi connectivity index (χ3n) is 4.59. The Bertz CT molecular complexity index is 796. The summed E-state index contributed by atoms with van der Waals surface area (Å²) >= 11 is 0. The summed E-state index contributed by atoms with van der Waals surface area (Å²) < 4.78 is 11.9. The fourth-order valence-electron chi connectivity index (χ4n) is 3.03. The third kappa shape index (κ3) is 3.95. The van der Waals surface area contributed by atoms with Crippen LogP contribution in [-0.2, 0) is 11.2 Å². The Morgan fingerprint density at radius 2 is 1.96 bits per heavy atom. The largest absolute Gasteiger partial charge is 0.487 e. The SMILES string of the molecule is Cc1ccccc1NC(=O)COc1ccc2c(c1C)OC(C)(C)CC2. The zero-order chi connectivity index (χ0) is 18.0. The average molecular weight is 339 g/mol. The molecule has 1 N–H and O–H groups in total. The van der Waals surface area contributed by atoms with E-state index in [9.17, 15) is 4.79 Å². The lowest BCUT2D eigenvalue weighted by molar-refractivity contribution is -0.118. The average Bonchev–Trinajstić information content (AvgIpc) is 2.56. The Morgan fingerprint density at radius 1 is 1.20 bits per heavy atom. The van der Waals surface area contributed by atoms with Crippen LogP contribution in [-0.4, -0.2) is 18.1 Å². The van der Waals surface area contributed by atoms with Gasteiger partial charge in [0.1, 0.15) is 17.1 Å². The summed E-state index contributed by atoms with van der Waals surface area (Å²) in [4.78, 5) is 12.2. The van der Waals surface area contributed by atoms with Gasteiger partial charge in [0.05, 0.1) is 0 Å². The number of hydrogen-bond acceptors (Lipinski definition) is 3. The maximum absolute atomic E-state index is 12.2. The van der Waals surface area contributed by atoms with Gasteiger partial charge in [-0.05, 0) is 63.8 Å². The van der Waals surface area contributed by atoms with Crippen molar-refractivity contribution in [2.45, 2.75) is 46.1 Å². The normalized spacial score (nSPS) is 15.0. The zero-order valence-corrected chi connectivity index (χ0v) is 15.3. The van der Waals surface area contributed by atoms with E-state index in [-0.39, 0.29) is 18.1 Å². The maximum Gasteiger partial charge on any atom is 0.262 e. The van der Waals surface area contributed by atoms with Crippen LogP contribution in [0.15, 0.2) is 36.4 Å². The quantitative estimate of drug-likeness (QED) is 0.897. The van der Waals surface area contributed by atoms with Gasteiger partial charge in [-0.2, -0.15) is 0 Å². The number of carbonyl (C=O) groups excluding carboxylic acids is 1. The van der Waals surface area contributed by atoms with Crippen molar-refractivity contribution in [2.75, 3.05) is 11.9 Å². The van der Waals surface area contributed by atoms with Gasteiger partial charge in [-0.25, -0.2) is 0 Å². The fraction of sp³-hybridized carbons (Fsp3) is 0.381. The molecule has 0 radical (unpaired) electrons. The summed E-state index contributed by atoms with van der Waals surface area (Å²) in [7, 11) is 0. The number of ether oxygens (including phenoxy) is 2. The second kappa shape index (κ2) is 6.79. The number of fused-ring (bicyclic) bond motifs is 1. The predicted molar refractivity (Wildman–Crippen MR) is 99.5 cm³/mol. The number of anilines is 1. The van der Waals surface area contributed by atoms with E-state index in [1.807, 2.05) is 50.2 Å². The Kier molecular flexibility index (Phi) is 4.71. The number of benzene rings is 2. The molecule has 0 fully saturated rings. The molecule has 0 aromatic heterocycles. The second-order valence-electron chi connectivity index (χ2n) is 7.19. The number of aryl methyl sites for hydroxylation is 2. The molecule has 25 heavy (non-hydrogen) atoms. The van der Waals surface area contributed by atoms with Gasteiger partial charge in [0, 0.05) is 11.3 Å². The minimum absolute atomic E-state index is 0.0304. The van der Waals surface area contributed by atoms with Crippen molar-refractivity contribution in [2.24, 2.45) is 0 Å². The first-order valence-electron chi connectivity index (χ1n) is 8.65. The molecule has 0 aliphatic carbocycles. The zero-order valence-electron chi connectivity index (χ0n) is 15.3. The molecule has 0 saturated heterocycles. The molecule has 0 saturated carbocycles. The molecule has 0 spiro atoms. The Labute approximate surface area is 149 Å². The minimum Gasteiger partial charge on any atom is -0.487 e. The number of nitrogens with one attached hydrogen (secondary N) is 1. The highest BCUT2D eigenvalue weighted by molar-refractivity contribution is 5.92. The highest BCUT2D eigenvalue weighted by Crippen LogP contribution is 2.39. The fourth-order valence-corrected chi connectivity index (χ4v) is 3.03. The molecule has 0 unspecified atom stereocenters. The lowest BCUT2D eigenvalue weighted by atomic mass is 9.93. The summed E-state index contributed by atoms with van der Waals surface area (Å²) in [5, 5.41) is 2.88. The number of rotatable bonds is 4. The van der Waals surface area contributed by atoms with E-state index in [2.05, 4.69) is 19.2 Å². The Hall–Kier alpha value is -2.49. The second-order valence-corrected chi connectivity index (χ2v) is 7.19. The van der Waals surface area contributed by atoms with Gasteiger partial charge in [-0.15, -0.1) is 0 Å². The Balaban J connectivity index is 1.68. The number of para-hydroxylation sites is 1. The topological polar surface area (TPSA) is 47.6 Å². The van der Waals surface area contributed by atoms with E-state index in [0.717, 1.165) is 35.4 Å². The number of carbonyl (C=O) groups is 1. The van der Waals surface area contributed by atoms with Crippen LogP contribution in [0.2, 0.25) is 0 Å². The molecule has 4 nitrogen and oxygen atoms in total. The summed E-state index contributed by atoms with van der Waals surface area (Å²) in [6.45, 7) is 8.10. The van der Waals surface area contributed by atoms with Crippen LogP contribution in [0.5, 0.6) is 11.5 Å². The molecular weight excluding hydrogens is 314 g/mol. The van der Waals surface area contributed by atoms with Crippen LogP contribution < -0.4 is 14.8 Å². The lowest BCUT2D eigenvalue weighted by Crippen LogP contribution is -2.33. The van der Waals surface area contributed by atoms with Crippen molar-refractivity contribution in [1.29, 1.82) is 0 Å². The number of amides is 1. The first-order chi connectivity index (χ1) is 11.9. The van der Waals surface area contributed by atoms with Gasteiger partial charge in [0.15, 0.2) is 6.61 Å². The van der Waals surface area contributed by atoms with E-state index < -0.39 is 0 Å². The highest BCUT2D eigenvalue weighted by Gasteiger charge is 2.28. The lowest BCUT2D eigenvalue weighted by Gasteiger charge is -2.34. The van der Waals surface area contributed by atoms with Crippen LogP contribution in [0, 0.1) is 13.8 Å². The molecule has 1 amide bonds. The molecule has 0 bridgehead atoms. The summed E-state index contributed by atoms with van der Waals surface area (Å²) in [6, 6.07) is 11.6. The van der Waals surface area contributed by atoms with E-state index in [0.29, 0.717) is 5.75 Å². The third-order valence-corrected chi connectivity index (χ3v) is 4.59. The molecule has 3 rings (SSSR count). The standard InChI is InChI=1S/C21H25NO3/c1-14-7-5-6-8-17(14)22-19(23)13-24-18-10-9-16-11-12-21(3,4)25-20(16)15(18)2/h5-10H,11-13H2,1-4H3,(H,22,23). The van der Waals surface area contributed by atoms with Crippen molar-refractivity contribution in [1.82, 2.24) is 0 Å². The molecule has 132 valence electrons. The molecule has 0 atom stereocenters. The Morgan fingerprint density at radius 3 is 2.72 bits per heavy atom. The molecule has 1 aliphatic rings. The maximum atomic E-state index is 12.2. The van der Waals surface area contributed by atoms with E-state index in [1.54, 1.807) is 0 Å². The van der Waals surface area contributed by atoms with Gasteiger partial charge < -0.3 is 14.8 Å². The van der Waals surface area contributed by atoms with Crippen molar-refractivity contribution in [3.8, 4) is 11.5 Å². The van der Waals surface area contributed by atoms with Crippen molar-refractivity contribution < 1.29 is 14.3 Å². The first-order valence-corrected chi connectivity index (χ1v) is 8.65. The van der Waals surface area contributed by atoms with E-state index >= 15 is 0 Å². The molecule has 1 aliphatic heterocycles. The molecular formula is C21H25NO3. The van der Waals surface area contributed by atoms with Gasteiger partial charge in [0.25, 0.3) is 5.91 Å². The smallest absolute Gasteiger partial charge is 0.262 e. The van der Waals surface area contributed by atoms with Gasteiger partial charge >= 0.3 is 0 Å². The highest BCUT2D eigenvalue weighted by atomic mass is 16.5. The van der Waals surface area contributed by atoms with Crippen molar-refractivity contribution in [3.63, 3.8) is 0 Å². The van der Waals surface area contributed by atoms with Crippen LogP contribution in [0.25, 0.3) is 0 Å². The van der Waals surface area contributed by atoms with Crippen LogP contribution in [0.3, 0.4) is 0 Å². The van der Waals surface area contributed by atoms with Gasteiger partial charge in [-0.1, -0.05) is 24.3 Å². The predicted octanol–water partition coefficient (Wildman–Crippen LogP) is 4.42. The molecule has 4 heteroatoms. The van der Waals surface area contributed by atoms with Gasteiger partial charge in [-0.3, -0.25) is 4.79 Å². The van der Waals surface area contributed by atoms with Crippen molar-refractivity contribution >= 4 is 11.6 Å². The number of hydrogen-bond donors (Lipinski definition) is 1. The van der Waals surface area contributed by atoms with E-state index in [1.165, 1.54) is 5.56 Å². The molecule has 2 aromatic rings. The van der Waals surface area contributed by atoms with E-state index in [4.69, 9.17) is 9.47 Å². The van der Waals surface area contributed by atoms with Gasteiger partial charge in [0.2, 0.25) is 0 Å². The minimum atomic E-state index is -0.173. The van der Waals surface area contributed by atoms with Crippen molar-refractivity contribution in [3.05, 3.63) is 53.1 Å². The summed E-state index contributed by atoms with van der Waals surface area (Å²) in [5.41, 5.74) is 3.82. The molecule has 1 heterocycles. The summed E-state index contributed by atoms with van der Waals surface area (Å²) in [5.74, 6) is 1.41. The van der Waals surface area contributed by atoms with Crippen LogP contribution >= 0.6 is 0 Å². The monoisotopic (exact) mass is 339 g/mol. The summed E-state index contributed by atoms with van der Waals surface area (Å²) in [6.07, 6.45) is 2.00. The van der Waals surface area contributed by atoms with Crippen LogP contribution in [0.4, 0.5) is 5.69 Å². The first kappa shape index (κ1) is 17.3. The van der Waals surface area contributed by atoms with Crippen LogP contribution in [0.1, 0.15) is 37.0 Å². The molecule has 2 aromatic carbocycles.